The Morgan fingerprint density at radius 1 is 1.18 bits per heavy atom. The average Bonchev–Trinajstić information content (AvgIpc) is 2.84. The molecule has 0 bridgehead atoms. The minimum absolute atomic E-state index is 1.11. The number of aromatic nitrogens is 2. The summed E-state index contributed by atoms with van der Waals surface area (Å²) in [5, 5.41) is 6.45. The number of nitrogens with zero attached hydrogens (tertiary/aromatic N) is 1. The van der Waals surface area contributed by atoms with Crippen LogP contribution >= 0.6 is 0 Å². The molecule has 0 unspecified atom stereocenters. The van der Waals surface area contributed by atoms with Crippen LogP contribution in [0, 0.1) is 13.8 Å². The highest BCUT2D eigenvalue weighted by Crippen LogP contribution is 2.06. The topological polar surface area (TPSA) is 54.7 Å². The molecule has 2 rings (SSSR count). The quantitative estimate of drug-likeness (QED) is 0.792. The lowest BCUT2D eigenvalue weighted by molar-refractivity contribution is 1.05. The third kappa shape index (κ3) is 6.33. The largest absolute Gasteiger partial charge is 0.333 e. The third-order valence-corrected chi connectivity index (χ3v) is 2.05. The highest BCUT2D eigenvalue weighted by molar-refractivity contribution is 5.50. The van der Waals surface area contributed by atoms with Gasteiger partial charge in [0.15, 0.2) is 0 Å². The molecule has 0 saturated carbocycles. The number of H-pyrrole nitrogens is 1. The predicted molar refractivity (Wildman–Crippen MR) is 74.7 cm³/mol. The lowest BCUT2D eigenvalue weighted by Gasteiger charge is -1.95. The molecule has 0 saturated heterocycles. The summed E-state index contributed by atoms with van der Waals surface area (Å²) in [7, 11) is 1.50. The van der Waals surface area contributed by atoms with E-state index in [1.807, 2.05) is 31.2 Å². The van der Waals surface area contributed by atoms with Gasteiger partial charge in [-0.2, -0.15) is 5.10 Å². The lowest BCUT2D eigenvalue weighted by Crippen LogP contribution is -1.75. The van der Waals surface area contributed by atoms with Gasteiger partial charge in [0.05, 0.1) is 0 Å². The van der Waals surface area contributed by atoms with Crippen molar-refractivity contribution in [3.8, 4) is 0 Å². The molecule has 2 aromatic rings. The minimum atomic E-state index is 1.11. The minimum Gasteiger partial charge on any atom is -0.333 e. The number of aryl methyl sites for hydroxylation is 2. The zero-order chi connectivity index (χ0) is 13.1. The fourth-order valence-corrected chi connectivity index (χ4v) is 1.14. The van der Waals surface area contributed by atoms with Crippen LogP contribution in [0.25, 0.3) is 6.08 Å². The maximum atomic E-state index is 4.50. The van der Waals surface area contributed by atoms with Crippen LogP contribution in [0.2, 0.25) is 0 Å². The molecule has 0 aliphatic carbocycles. The second-order valence-electron chi connectivity index (χ2n) is 3.30. The average molecular weight is 231 g/mol. The molecule has 0 fully saturated rings. The Morgan fingerprint density at radius 3 is 2.12 bits per heavy atom. The first-order valence-electron chi connectivity index (χ1n) is 5.46. The van der Waals surface area contributed by atoms with Crippen molar-refractivity contribution in [2.75, 3.05) is 7.05 Å². The van der Waals surface area contributed by atoms with Crippen molar-refractivity contribution in [2.24, 2.45) is 5.73 Å². The van der Waals surface area contributed by atoms with Gasteiger partial charge in [-0.1, -0.05) is 36.9 Å². The first-order chi connectivity index (χ1) is 8.24. The Morgan fingerprint density at radius 2 is 1.82 bits per heavy atom. The molecule has 1 heterocycles. The molecule has 17 heavy (non-hydrogen) atoms. The number of hydrogen-bond acceptors (Lipinski definition) is 2. The summed E-state index contributed by atoms with van der Waals surface area (Å²) in [5.74, 6) is 0. The second-order valence-corrected chi connectivity index (χ2v) is 3.30. The molecule has 1 aromatic heterocycles. The molecule has 0 aliphatic heterocycles. The maximum Gasteiger partial charge on any atom is 0.0489 e. The summed E-state index contributed by atoms with van der Waals surface area (Å²) in [6.45, 7) is 7.74. The van der Waals surface area contributed by atoms with E-state index in [9.17, 15) is 0 Å². The van der Waals surface area contributed by atoms with E-state index in [1.54, 1.807) is 6.20 Å². The van der Waals surface area contributed by atoms with Crippen LogP contribution in [0.4, 0.5) is 0 Å². The zero-order valence-electron chi connectivity index (χ0n) is 10.8. The van der Waals surface area contributed by atoms with E-state index in [1.165, 1.54) is 18.2 Å². The molecular formula is C14H21N3. The number of aromatic amines is 1. The molecule has 0 radical (unpaired) electrons. The van der Waals surface area contributed by atoms with Crippen molar-refractivity contribution >= 4 is 6.08 Å². The number of rotatable bonds is 1. The van der Waals surface area contributed by atoms with Crippen LogP contribution in [-0.4, -0.2) is 17.2 Å². The summed E-state index contributed by atoms with van der Waals surface area (Å²) in [6, 6.07) is 10.1. The van der Waals surface area contributed by atoms with Crippen LogP contribution in [0.1, 0.15) is 16.8 Å². The van der Waals surface area contributed by atoms with Gasteiger partial charge in [-0.3, -0.25) is 5.10 Å². The van der Waals surface area contributed by atoms with E-state index in [0.29, 0.717) is 0 Å². The molecule has 3 nitrogen and oxygen atoms in total. The number of benzene rings is 1. The third-order valence-electron chi connectivity index (χ3n) is 2.05. The fraction of sp³-hybridized carbons (Fsp3) is 0.214. The van der Waals surface area contributed by atoms with E-state index in [0.717, 1.165) is 5.69 Å². The molecular weight excluding hydrogens is 210 g/mol. The number of hydrogen-bond donors (Lipinski definition) is 2. The van der Waals surface area contributed by atoms with Gasteiger partial charge in [0, 0.05) is 11.9 Å². The SMILES string of the molecule is C=Cc1ccccc1C.CN.Cc1ccn[nH]1. The fourth-order valence-electron chi connectivity index (χ4n) is 1.14. The van der Waals surface area contributed by atoms with Crippen LogP contribution in [-0.2, 0) is 0 Å². The Kier molecular flexibility index (Phi) is 8.33. The highest BCUT2D eigenvalue weighted by Gasteiger charge is 1.86. The standard InChI is InChI=1S/C9H10.C4H6N2.CH5N/c1-3-9-7-5-4-6-8(9)2;1-4-2-3-5-6-4;1-2/h3-7H,1H2,2H3;2-3H,1H3,(H,5,6);2H2,1H3. The van der Waals surface area contributed by atoms with Crippen LogP contribution in [0.15, 0.2) is 43.1 Å². The van der Waals surface area contributed by atoms with Gasteiger partial charge < -0.3 is 5.73 Å². The number of nitrogens with two attached hydrogens (primary N) is 1. The van der Waals surface area contributed by atoms with Crippen LogP contribution < -0.4 is 5.73 Å². The smallest absolute Gasteiger partial charge is 0.0489 e. The molecule has 0 atom stereocenters. The Balaban J connectivity index is 0.000000278. The molecule has 0 aliphatic rings. The van der Waals surface area contributed by atoms with Crippen molar-refractivity contribution in [1.82, 2.24) is 10.2 Å². The van der Waals surface area contributed by atoms with Crippen molar-refractivity contribution in [1.29, 1.82) is 0 Å². The monoisotopic (exact) mass is 231 g/mol. The Bertz CT molecular complexity index is 405. The molecule has 3 N–H and O–H groups in total. The van der Waals surface area contributed by atoms with Gasteiger partial charge >= 0.3 is 0 Å². The van der Waals surface area contributed by atoms with Gasteiger partial charge in [0.2, 0.25) is 0 Å². The highest BCUT2D eigenvalue weighted by atomic mass is 15.1. The van der Waals surface area contributed by atoms with Gasteiger partial charge in [-0.15, -0.1) is 0 Å². The molecule has 3 heteroatoms. The van der Waals surface area contributed by atoms with E-state index < -0.39 is 0 Å². The van der Waals surface area contributed by atoms with E-state index >= 15 is 0 Å². The van der Waals surface area contributed by atoms with Crippen molar-refractivity contribution in [3.05, 3.63) is 59.9 Å². The molecule has 92 valence electrons. The van der Waals surface area contributed by atoms with Gasteiger partial charge in [0.1, 0.15) is 0 Å². The number of nitrogens with one attached hydrogen (secondary N) is 1. The summed E-state index contributed by atoms with van der Waals surface area (Å²) < 4.78 is 0. The van der Waals surface area contributed by atoms with Crippen LogP contribution in [0.5, 0.6) is 0 Å². The van der Waals surface area contributed by atoms with Crippen LogP contribution in [0.3, 0.4) is 0 Å². The van der Waals surface area contributed by atoms with Crippen molar-refractivity contribution in [3.63, 3.8) is 0 Å². The molecule has 1 aromatic carbocycles. The van der Waals surface area contributed by atoms with Gasteiger partial charge in [0.25, 0.3) is 0 Å². The Labute approximate surface area is 103 Å². The van der Waals surface area contributed by atoms with Crippen molar-refractivity contribution in [2.45, 2.75) is 13.8 Å². The zero-order valence-corrected chi connectivity index (χ0v) is 10.8. The van der Waals surface area contributed by atoms with Gasteiger partial charge in [-0.05, 0) is 38.1 Å². The van der Waals surface area contributed by atoms with E-state index in [4.69, 9.17) is 0 Å². The first-order valence-corrected chi connectivity index (χ1v) is 5.46. The normalized spacial score (nSPS) is 8.24. The van der Waals surface area contributed by atoms with E-state index in [-0.39, 0.29) is 0 Å². The summed E-state index contributed by atoms with van der Waals surface area (Å²) in [5.41, 5.74) is 8.11. The summed E-state index contributed by atoms with van der Waals surface area (Å²) in [4.78, 5) is 0. The Hall–Kier alpha value is -1.87. The summed E-state index contributed by atoms with van der Waals surface area (Å²) in [6.07, 6.45) is 3.60. The summed E-state index contributed by atoms with van der Waals surface area (Å²) >= 11 is 0. The first kappa shape index (κ1) is 15.1. The predicted octanol–water partition coefficient (Wildman–Crippen LogP) is 2.93. The molecule has 0 amide bonds. The lowest BCUT2D eigenvalue weighted by atomic mass is 10.1. The van der Waals surface area contributed by atoms with E-state index in [2.05, 4.69) is 41.6 Å². The maximum absolute atomic E-state index is 4.50. The second kappa shape index (κ2) is 9.36. The van der Waals surface area contributed by atoms with Crippen molar-refractivity contribution < 1.29 is 0 Å². The van der Waals surface area contributed by atoms with Gasteiger partial charge in [-0.25, -0.2) is 0 Å². The molecule has 0 spiro atoms.